The van der Waals surface area contributed by atoms with E-state index in [4.69, 9.17) is 5.73 Å². The molecule has 2 amide bonds. The molecule has 0 atom stereocenters. The quantitative estimate of drug-likeness (QED) is 0.583. The largest absolute Gasteiger partial charge is 0.453 e. The van der Waals surface area contributed by atoms with Gasteiger partial charge in [0.15, 0.2) is 0 Å². The van der Waals surface area contributed by atoms with Crippen LogP contribution in [-0.2, 0) is 9.53 Å². The zero-order valence-electron chi connectivity index (χ0n) is 6.35. The lowest BCUT2D eigenvalue weighted by atomic mass is 10.3. The summed E-state index contributed by atoms with van der Waals surface area (Å²) in [7, 11) is 1.27. The molecule has 0 aliphatic heterocycles. The first-order valence-corrected chi connectivity index (χ1v) is 3.23. The lowest BCUT2D eigenvalue weighted by Gasteiger charge is -2.00. The van der Waals surface area contributed by atoms with Crippen molar-refractivity contribution in [1.82, 2.24) is 11.1 Å². The number of hydrogen-bond acceptors (Lipinski definition) is 3. The molecule has 0 aromatic heterocycles. The summed E-state index contributed by atoms with van der Waals surface area (Å²) in [5.74, 6) is -0.614. The van der Waals surface area contributed by atoms with E-state index < -0.39 is 12.0 Å². The van der Waals surface area contributed by atoms with Gasteiger partial charge in [0.2, 0.25) is 5.91 Å². The molecular formula is C6H11N2O3. The predicted molar refractivity (Wildman–Crippen MR) is 37.7 cm³/mol. The van der Waals surface area contributed by atoms with E-state index in [9.17, 15) is 9.59 Å². The summed E-state index contributed by atoms with van der Waals surface area (Å²) in [5.41, 5.74) is 6.53. The molecule has 0 aromatic carbocycles. The van der Waals surface area contributed by atoms with Gasteiger partial charge < -0.3 is 10.1 Å². The summed E-state index contributed by atoms with van der Waals surface area (Å²) in [4.78, 5) is 20.5. The van der Waals surface area contributed by atoms with Crippen LogP contribution < -0.4 is 11.1 Å². The van der Waals surface area contributed by atoms with Crippen LogP contribution in [-0.4, -0.2) is 25.7 Å². The van der Waals surface area contributed by atoms with Gasteiger partial charge in [0.05, 0.1) is 7.11 Å². The third kappa shape index (κ3) is 6.63. The van der Waals surface area contributed by atoms with Gasteiger partial charge in [0.25, 0.3) is 0 Å². The molecule has 0 rings (SSSR count). The molecule has 0 bridgehead atoms. The van der Waals surface area contributed by atoms with Crippen molar-refractivity contribution in [3.05, 3.63) is 0 Å². The minimum absolute atomic E-state index is 0.171. The van der Waals surface area contributed by atoms with Crippen LogP contribution >= 0.6 is 0 Å². The molecule has 5 nitrogen and oxygen atoms in total. The maximum atomic E-state index is 10.4. The smallest absolute Gasteiger partial charge is 0.406 e. The fraction of sp³-hybridized carbons (Fsp3) is 0.667. The van der Waals surface area contributed by atoms with Gasteiger partial charge in [-0.1, -0.05) is 0 Å². The molecular weight excluding hydrogens is 148 g/mol. The summed E-state index contributed by atoms with van der Waals surface area (Å²) in [6.45, 7) is 0.372. The van der Waals surface area contributed by atoms with Crippen molar-refractivity contribution >= 4 is 12.0 Å². The number of amides is 2. The highest BCUT2D eigenvalue weighted by Crippen LogP contribution is 1.85. The van der Waals surface area contributed by atoms with Crippen LogP contribution in [0, 0.1) is 0 Å². The molecule has 5 heteroatoms. The summed E-state index contributed by atoms with van der Waals surface area (Å²) in [6.07, 6.45) is 0.143. The Labute approximate surface area is 64.9 Å². The number of hydrogen-bond donors (Lipinski definition) is 1. The molecule has 0 heterocycles. The van der Waals surface area contributed by atoms with E-state index in [0.29, 0.717) is 13.0 Å². The lowest BCUT2D eigenvalue weighted by molar-refractivity contribution is -0.118. The standard InChI is InChI=1S/C6H11N2O3/c1-11-6(10)8-4-2-3-5(7)9/h7H,2-4H2,1H3,(H,8,10). The Balaban J connectivity index is 3.14. The second-order valence-corrected chi connectivity index (χ2v) is 1.95. The molecule has 0 fully saturated rings. The highest BCUT2D eigenvalue weighted by molar-refractivity contribution is 5.73. The number of carbonyl (C=O) groups is 2. The van der Waals surface area contributed by atoms with Crippen LogP contribution in [0.25, 0.3) is 0 Å². The van der Waals surface area contributed by atoms with Crippen molar-refractivity contribution in [2.45, 2.75) is 12.8 Å². The number of alkyl carbamates (subject to hydrolysis) is 1. The first-order chi connectivity index (χ1) is 5.16. The molecule has 0 saturated heterocycles. The Morgan fingerprint density at radius 1 is 1.55 bits per heavy atom. The van der Waals surface area contributed by atoms with E-state index in [0.717, 1.165) is 0 Å². The van der Waals surface area contributed by atoms with E-state index in [2.05, 4.69) is 10.1 Å². The minimum atomic E-state index is -0.614. The molecule has 11 heavy (non-hydrogen) atoms. The molecule has 0 aliphatic carbocycles. The molecule has 1 radical (unpaired) electrons. The number of methoxy groups -OCH3 is 1. The predicted octanol–water partition coefficient (Wildman–Crippen LogP) is -0.0679. The van der Waals surface area contributed by atoms with Gasteiger partial charge in [-0.25, -0.2) is 4.79 Å². The van der Waals surface area contributed by atoms with Crippen LogP contribution in [0.3, 0.4) is 0 Å². The number of carbonyl (C=O) groups excluding carboxylic acids is 2. The fourth-order valence-corrected chi connectivity index (χ4v) is 0.512. The van der Waals surface area contributed by atoms with Gasteiger partial charge >= 0.3 is 6.09 Å². The van der Waals surface area contributed by atoms with Gasteiger partial charge in [-0.3, -0.25) is 10.5 Å². The monoisotopic (exact) mass is 159 g/mol. The van der Waals surface area contributed by atoms with Crippen molar-refractivity contribution in [3.63, 3.8) is 0 Å². The third-order valence-electron chi connectivity index (χ3n) is 1.04. The van der Waals surface area contributed by atoms with E-state index in [-0.39, 0.29) is 6.42 Å². The minimum Gasteiger partial charge on any atom is -0.453 e. The Morgan fingerprint density at radius 3 is 2.64 bits per heavy atom. The molecule has 0 aromatic rings. The summed E-state index contributed by atoms with van der Waals surface area (Å²) in [6, 6.07) is 0. The summed E-state index contributed by atoms with van der Waals surface area (Å²) < 4.78 is 4.28. The highest BCUT2D eigenvalue weighted by Gasteiger charge is 1.98. The Hall–Kier alpha value is -1.26. The SMILES string of the molecule is COC(=O)NCCCC([NH])=O. The highest BCUT2D eigenvalue weighted by atomic mass is 16.5. The number of nitrogens with one attached hydrogen (secondary N) is 2. The van der Waals surface area contributed by atoms with Crippen molar-refractivity contribution in [1.29, 1.82) is 0 Å². The fourth-order valence-electron chi connectivity index (χ4n) is 0.512. The second-order valence-electron chi connectivity index (χ2n) is 1.95. The Bertz CT molecular complexity index is 147. The molecule has 0 aliphatic rings. The molecule has 0 unspecified atom stereocenters. The average Bonchev–Trinajstić information content (AvgIpc) is 1.97. The van der Waals surface area contributed by atoms with Gasteiger partial charge in [0, 0.05) is 13.0 Å². The first-order valence-electron chi connectivity index (χ1n) is 3.23. The average molecular weight is 159 g/mol. The van der Waals surface area contributed by atoms with Crippen LogP contribution in [0.15, 0.2) is 0 Å². The van der Waals surface area contributed by atoms with E-state index in [1.165, 1.54) is 7.11 Å². The Morgan fingerprint density at radius 2 is 2.18 bits per heavy atom. The second kappa shape index (κ2) is 5.52. The van der Waals surface area contributed by atoms with Crippen LogP contribution in [0.4, 0.5) is 4.79 Å². The van der Waals surface area contributed by atoms with Crippen LogP contribution in [0.2, 0.25) is 0 Å². The van der Waals surface area contributed by atoms with Crippen molar-refractivity contribution < 1.29 is 14.3 Å². The van der Waals surface area contributed by atoms with Gasteiger partial charge in [-0.05, 0) is 6.42 Å². The normalized spacial score (nSPS) is 8.82. The third-order valence-corrected chi connectivity index (χ3v) is 1.04. The van der Waals surface area contributed by atoms with E-state index in [1.54, 1.807) is 0 Å². The van der Waals surface area contributed by atoms with E-state index in [1.807, 2.05) is 0 Å². The van der Waals surface area contributed by atoms with Crippen molar-refractivity contribution in [3.8, 4) is 0 Å². The van der Waals surface area contributed by atoms with Gasteiger partial charge in [0.1, 0.15) is 0 Å². The lowest BCUT2D eigenvalue weighted by Crippen LogP contribution is -2.24. The topological polar surface area (TPSA) is 79.2 Å². The van der Waals surface area contributed by atoms with Crippen LogP contribution in [0.1, 0.15) is 12.8 Å². The zero-order valence-corrected chi connectivity index (χ0v) is 6.35. The number of rotatable bonds is 4. The zero-order chi connectivity index (χ0) is 8.69. The van der Waals surface area contributed by atoms with Crippen LogP contribution in [0.5, 0.6) is 0 Å². The molecule has 0 saturated carbocycles. The first kappa shape index (κ1) is 9.74. The van der Waals surface area contributed by atoms with Crippen molar-refractivity contribution in [2.24, 2.45) is 0 Å². The molecule has 2 N–H and O–H groups in total. The number of ether oxygens (including phenoxy) is 1. The Kier molecular flexibility index (Phi) is 4.89. The molecule has 63 valence electrons. The van der Waals surface area contributed by atoms with Gasteiger partial charge in [-0.2, -0.15) is 0 Å². The van der Waals surface area contributed by atoms with E-state index >= 15 is 0 Å². The van der Waals surface area contributed by atoms with Gasteiger partial charge in [-0.15, -0.1) is 0 Å². The van der Waals surface area contributed by atoms with Crippen molar-refractivity contribution in [2.75, 3.05) is 13.7 Å². The summed E-state index contributed by atoms with van der Waals surface area (Å²) >= 11 is 0. The summed E-state index contributed by atoms with van der Waals surface area (Å²) in [5, 5.41) is 2.39. The molecule has 0 spiro atoms. The maximum absolute atomic E-state index is 10.4. The maximum Gasteiger partial charge on any atom is 0.406 e.